The summed E-state index contributed by atoms with van der Waals surface area (Å²) in [5.41, 5.74) is 2.16. The van der Waals surface area contributed by atoms with E-state index in [1.807, 2.05) is 13.1 Å². The Labute approximate surface area is 110 Å². The van der Waals surface area contributed by atoms with Gasteiger partial charge in [0.05, 0.1) is 12.2 Å². The highest BCUT2D eigenvalue weighted by Gasteiger charge is 2.08. The molecule has 0 aliphatic carbocycles. The third-order valence-corrected chi connectivity index (χ3v) is 2.73. The first-order valence-electron chi connectivity index (χ1n) is 5.45. The first kappa shape index (κ1) is 12.6. The Morgan fingerprint density at radius 2 is 2.28 bits per heavy atom. The molecule has 0 atom stereocenters. The summed E-state index contributed by atoms with van der Waals surface area (Å²) < 4.78 is 1.71. The van der Waals surface area contributed by atoms with Gasteiger partial charge in [-0.15, -0.1) is 0 Å². The van der Waals surface area contributed by atoms with Crippen molar-refractivity contribution in [1.29, 1.82) is 0 Å². The van der Waals surface area contributed by atoms with Crippen LogP contribution in [0.1, 0.15) is 21.7 Å². The van der Waals surface area contributed by atoms with Crippen LogP contribution in [0.4, 0.5) is 0 Å². The van der Waals surface area contributed by atoms with Crippen molar-refractivity contribution in [3.63, 3.8) is 0 Å². The number of aryl methyl sites for hydroxylation is 2. The van der Waals surface area contributed by atoms with Gasteiger partial charge in [-0.05, 0) is 25.1 Å². The third-order valence-electron chi connectivity index (χ3n) is 2.54. The molecule has 0 fully saturated rings. The molecule has 0 bridgehead atoms. The summed E-state index contributed by atoms with van der Waals surface area (Å²) in [6.07, 6.45) is 1.69. The molecule has 6 heteroatoms. The van der Waals surface area contributed by atoms with E-state index in [1.54, 1.807) is 29.9 Å². The van der Waals surface area contributed by atoms with Crippen molar-refractivity contribution in [1.82, 2.24) is 20.1 Å². The summed E-state index contributed by atoms with van der Waals surface area (Å²) in [4.78, 5) is 15.9. The van der Waals surface area contributed by atoms with E-state index >= 15 is 0 Å². The molecule has 0 unspecified atom stereocenters. The van der Waals surface area contributed by atoms with Crippen molar-refractivity contribution in [2.75, 3.05) is 0 Å². The highest BCUT2D eigenvalue weighted by molar-refractivity contribution is 6.29. The van der Waals surface area contributed by atoms with Crippen LogP contribution in [0.15, 0.2) is 24.4 Å². The van der Waals surface area contributed by atoms with Crippen LogP contribution in [-0.4, -0.2) is 20.7 Å². The van der Waals surface area contributed by atoms with Crippen LogP contribution in [0.5, 0.6) is 0 Å². The van der Waals surface area contributed by atoms with Gasteiger partial charge in [0.25, 0.3) is 5.91 Å². The summed E-state index contributed by atoms with van der Waals surface area (Å²) >= 11 is 5.81. The molecule has 2 heterocycles. The van der Waals surface area contributed by atoms with Crippen molar-refractivity contribution >= 4 is 17.5 Å². The standard InChI is InChI=1S/C12H13ClN4O/c1-8-5-9(6-11(13)16-8)12(18)14-7-10-3-4-15-17(10)2/h3-6H,7H2,1-2H3,(H,14,18). The molecular weight excluding hydrogens is 252 g/mol. The Balaban J connectivity index is 2.06. The average molecular weight is 265 g/mol. The minimum absolute atomic E-state index is 0.177. The lowest BCUT2D eigenvalue weighted by Gasteiger charge is -2.06. The number of nitrogens with one attached hydrogen (secondary N) is 1. The Bertz CT molecular complexity index is 559. The van der Waals surface area contributed by atoms with Gasteiger partial charge in [-0.25, -0.2) is 4.98 Å². The van der Waals surface area contributed by atoms with E-state index in [4.69, 9.17) is 11.6 Å². The smallest absolute Gasteiger partial charge is 0.251 e. The highest BCUT2D eigenvalue weighted by Crippen LogP contribution is 2.10. The molecule has 0 saturated carbocycles. The van der Waals surface area contributed by atoms with Gasteiger partial charge in [-0.1, -0.05) is 11.6 Å². The fraction of sp³-hybridized carbons (Fsp3) is 0.250. The zero-order valence-electron chi connectivity index (χ0n) is 10.1. The number of hydrogen-bond donors (Lipinski definition) is 1. The fourth-order valence-electron chi connectivity index (χ4n) is 1.61. The van der Waals surface area contributed by atoms with Crippen LogP contribution >= 0.6 is 11.6 Å². The maximum Gasteiger partial charge on any atom is 0.251 e. The second kappa shape index (κ2) is 5.18. The van der Waals surface area contributed by atoms with Crippen LogP contribution in [0.3, 0.4) is 0 Å². The summed E-state index contributed by atoms with van der Waals surface area (Å²) in [6.45, 7) is 2.22. The molecule has 0 saturated heterocycles. The normalized spacial score (nSPS) is 10.4. The van der Waals surface area contributed by atoms with Crippen molar-refractivity contribution < 1.29 is 4.79 Å². The van der Waals surface area contributed by atoms with E-state index < -0.39 is 0 Å². The molecule has 0 radical (unpaired) electrons. The number of nitrogens with zero attached hydrogens (tertiary/aromatic N) is 3. The molecule has 1 amide bonds. The molecule has 0 aromatic carbocycles. The van der Waals surface area contributed by atoms with E-state index in [0.29, 0.717) is 23.0 Å². The van der Waals surface area contributed by atoms with Crippen molar-refractivity contribution in [2.24, 2.45) is 7.05 Å². The van der Waals surface area contributed by atoms with Crippen LogP contribution in [0.25, 0.3) is 0 Å². The molecule has 0 aliphatic heterocycles. The zero-order valence-corrected chi connectivity index (χ0v) is 10.9. The molecule has 1 N–H and O–H groups in total. The third kappa shape index (κ3) is 2.87. The van der Waals surface area contributed by atoms with Crippen LogP contribution in [-0.2, 0) is 13.6 Å². The molecule has 0 spiro atoms. The number of carbonyl (C=O) groups is 1. The minimum atomic E-state index is -0.177. The summed E-state index contributed by atoms with van der Waals surface area (Å²) in [7, 11) is 1.83. The van der Waals surface area contributed by atoms with Crippen molar-refractivity contribution in [2.45, 2.75) is 13.5 Å². The van der Waals surface area contributed by atoms with Crippen molar-refractivity contribution in [3.05, 3.63) is 46.5 Å². The second-order valence-corrected chi connectivity index (χ2v) is 4.34. The lowest BCUT2D eigenvalue weighted by molar-refractivity contribution is 0.0950. The van der Waals surface area contributed by atoms with Crippen LogP contribution < -0.4 is 5.32 Å². The number of carbonyl (C=O) groups excluding carboxylic acids is 1. The van der Waals surface area contributed by atoms with E-state index in [9.17, 15) is 4.79 Å². The highest BCUT2D eigenvalue weighted by atomic mass is 35.5. The second-order valence-electron chi connectivity index (χ2n) is 3.95. The fourth-order valence-corrected chi connectivity index (χ4v) is 1.86. The first-order valence-corrected chi connectivity index (χ1v) is 5.83. The maximum atomic E-state index is 11.9. The summed E-state index contributed by atoms with van der Waals surface area (Å²) in [5, 5.41) is 7.16. The number of pyridine rings is 1. The number of aromatic nitrogens is 3. The molecule has 94 valence electrons. The Morgan fingerprint density at radius 3 is 2.89 bits per heavy atom. The van der Waals surface area contributed by atoms with Gasteiger partial charge in [-0.3, -0.25) is 9.48 Å². The Morgan fingerprint density at radius 1 is 1.50 bits per heavy atom. The van der Waals surface area contributed by atoms with E-state index in [0.717, 1.165) is 5.69 Å². The molecule has 18 heavy (non-hydrogen) atoms. The quantitative estimate of drug-likeness (QED) is 0.859. The zero-order chi connectivity index (χ0) is 13.1. The molecule has 2 aromatic rings. The summed E-state index contributed by atoms with van der Waals surface area (Å²) in [5.74, 6) is -0.177. The van der Waals surface area contributed by atoms with Crippen molar-refractivity contribution in [3.8, 4) is 0 Å². The molecule has 2 rings (SSSR count). The van der Waals surface area contributed by atoms with E-state index in [2.05, 4.69) is 15.4 Å². The number of halogens is 1. The molecule has 2 aromatic heterocycles. The van der Waals surface area contributed by atoms with Crippen LogP contribution in [0, 0.1) is 6.92 Å². The topological polar surface area (TPSA) is 59.8 Å². The van der Waals surface area contributed by atoms with Gasteiger partial charge in [-0.2, -0.15) is 5.10 Å². The van der Waals surface area contributed by atoms with Gasteiger partial charge >= 0.3 is 0 Å². The first-order chi connectivity index (χ1) is 8.56. The Hall–Kier alpha value is -1.88. The van der Waals surface area contributed by atoms with E-state index in [-0.39, 0.29) is 5.91 Å². The number of amides is 1. The number of hydrogen-bond acceptors (Lipinski definition) is 3. The lowest BCUT2D eigenvalue weighted by atomic mass is 10.2. The average Bonchev–Trinajstić information content (AvgIpc) is 2.70. The van der Waals surface area contributed by atoms with Gasteiger partial charge in [0.2, 0.25) is 0 Å². The van der Waals surface area contributed by atoms with Gasteiger partial charge in [0.15, 0.2) is 0 Å². The van der Waals surface area contributed by atoms with Gasteiger partial charge in [0, 0.05) is 24.5 Å². The largest absolute Gasteiger partial charge is 0.346 e. The van der Waals surface area contributed by atoms with Crippen LogP contribution in [0.2, 0.25) is 5.15 Å². The molecule has 5 nitrogen and oxygen atoms in total. The minimum Gasteiger partial charge on any atom is -0.346 e. The SMILES string of the molecule is Cc1cc(C(=O)NCc2ccnn2C)cc(Cl)n1. The monoisotopic (exact) mass is 264 g/mol. The molecular formula is C12H13ClN4O. The predicted molar refractivity (Wildman–Crippen MR) is 68.4 cm³/mol. The Kier molecular flexibility index (Phi) is 3.62. The number of rotatable bonds is 3. The predicted octanol–water partition coefficient (Wildman–Crippen LogP) is 1.71. The maximum absolute atomic E-state index is 11.9. The lowest BCUT2D eigenvalue weighted by Crippen LogP contribution is -2.24. The van der Waals surface area contributed by atoms with Gasteiger partial charge < -0.3 is 5.32 Å². The van der Waals surface area contributed by atoms with Gasteiger partial charge in [0.1, 0.15) is 5.15 Å². The van der Waals surface area contributed by atoms with E-state index in [1.165, 1.54) is 0 Å². The summed E-state index contributed by atoms with van der Waals surface area (Å²) in [6, 6.07) is 5.10. The molecule has 0 aliphatic rings.